The summed E-state index contributed by atoms with van der Waals surface area (Å²) in [5.74, 6) is -0.413. The summed E-state index contributed by atoms with van der Waals surface area (Å²) in [6.07, 6.45) is -0.286. The largest absolute Gasteiger partial charge is 0.492 e. The van der Waals surface area contributed by atoms with Crippen molar-refractivity contribution >= 4 is 46.3 Å². The summed E-state index contributed by atoms with van der Waals surface area (Å²) in [7, 11) is 0. The summed E-state index contributed by atoms with van der Waals surface area (Å²) in [6, 6.07) is 11.8. The minimum atomic E-state index is -1.04. The molecule has 1 aliphatic heterocycles. The molecular weight excluding hydrogens is 568 g/mol. The number of benzene rings is 2. The minimum Gasteiger partial charge on any atom is -0.492 e. The number of fused-ring (bicyclic) bond motifs is 1. The van der Waals surface area contributed by atoms with Gasteiger partial charge in [-0.25, -0.2) is 9.78 Å². The predicted octanol–water partition coefficient (Wildman–Crippen LogP) is 4.92. The van der Waals surface area contributed by atoms with Gasteiger partial charge < -0.3 is 19.5 Å². The first-order valence-electron chi connectivity index (χ1n) is 13.5. The Morgan fingerprint density at radius 2 is 1.78 bits per heavy atom. The van der Waals surface area contributed by atoms with Crippen LogP contribution in [0.4, 0.5) is 4.79 Å². The van der Waals surface area contributed by atoms with Crippen molar-refractivity contribution in [3.05, 3.63) is 63.4 Å². The molecule has 2 heterocycles. The van der Waals surface area contributed by atoms with E-state index in [1.54, 1.807) is 47.4 Å². The Hall–Kier alpha value is -3.28. The molecule has 1 amide bonds. The number of piperazine rings is 1. The van der Waals surface area contributed by atoms with E-state index in [1.807, 2.05) is 27.7 Å². The number of halogens is 1. The number of nitrogens with zero attached hydrogens (tertiary/aromatic N) is 4. The van der Waals surface area contributed by atoms with Crippen molar-refractivity contribution in [3.63, 3.8) is 0 Å². The molecule has 41 heavy (non-hydrogen) atoms. The van der Waals surface area contributed by atoms with Gasteiger partial charge in [-0.05, 0) is 63.6 Å². The summed E-state index contributed by atoms with van der Waals surface area (Å²) in [6.45, 7) is 11.5. The van der Waals surface area contributed by atoms with Crippen molar-refractivity contribution < 1.29 is 24.2 Å². The third-order valence-corrected chi connectivity index (χ3v) is 8.00. The van der Waals surface area contributed by atoms with Gasteiger partial charge in [0.05, 0.1) is 10.9 Å². The topological polar surface area (TPSA) is 114 Å². The van der Waals surface area contributed by atoms with Crippen LogP contribution in [0.3, 0.4) is 0 Å². The highest BCUT2D eigenvalue weighted by Gasteiger charge is 2.26. The molecule has 2 aromatic carbocycles. The number of ether oxygens (including phenoxy) is 2. The van der Waals surface area contributed by atoms with Crippen molar-refractivity contribution in [2.24, 2.45) is 0 Å². The minimum absolute atomic E-state index is 0.262. The highest BCUT2D eigenvalue weighted by atomic mass is 35.5. The predicted molar refractivity (Wildman–Crippen MR) is 159 cm³/mol. The maximum Gasteiger partial charge on any atom is 0.410 e. The number of aromatic nitrogens is 2. The van der Waals surface area contributed by atoms with E-state index in [0.29, 0.717) is 65.2 Å². The smallest absolute Gasteiger partial charge is 0.410 e. The van der Waals surface area contributed by atoms with Gasteiger partial charge in [-0.15, -0.1) is 0 Å². The fraction of sp³-hybridized carbons (Fsp3) is 0.448. The summed E-state index contributed by atoms with van der Waals surface area (Å²) < 4.78 is 12.8. The molecule has 12 heteroatoms. The fourth-order valence-electron chi connectivity index (χ4n) is 4.42. The first-order chi connectivity index (χ1) is 19.4. The van der Waals surface area contributed by atoms with Crippen molar-refractivity contribution in [2.45, 2.75) is 50.2 Å². The number of amides is 1. The van der Waals surface area contributed by atoms with Crippen LogP contribution in [-0.2, 0) is 16.1 Å². The monoisotopic (exact) mass is 602 g/mol. The Morgan fingerprint density at radius 3 is 2.39 bits per heavy atom. The van der Waals surface area contributed by atoms with Crippen molar-refractivity contribution in [2.75, 3.05) is 39.3 Å². The van der Waals surface area contributed by atoms with Crippen molar-refractivity contribution in [3.8, 4) is 5.75 Å². The Morgan fingerprint density at radius 1 is 1.10 bits per heavy atom. The van der Waals surface area contributed by atoms with E-state index in [2.05, 4.69) is 9.88 Å². The summed E-state index contributed by atoms with van der Waals surface area (Å²) in [5.41, 5.74) is 0.245. The lowest BCUT2D eigenvalue weighted by atomic mass is 10.1. The maximum atomic E-state index is 13.0. The molecule has 1 saturated heterocycles. The average Bonchev–Trinajstić information content (AvgIpc) is 2.92. The van der Waals surface area contributed by atoms with E-state index in [1.165, 1.54) is 4.57 Å². The van der Waals surface area contributed by atoms with Crippen molar-refractivity contribution in [1.82, 2.24) is 19.4 Å². The standard InChI is InChI=1S/C29H35ClN4O6S/c1-5-34-25(35)22-18-20(30)8-11-23(22)31-27(34)41-24(26(36)37)19-6-9-21(10-7-19)39-17-16-32-12-14-33(15-13-32)28(38)40-29(2,3)4/h6-11,18,24H,5,12-17H2,1-4H3,(H,36,37). The van der Waals surface area contributed by atoms with Gasteiger partial charge in [0.2, 0.25) is 0 Å². The molecular formula is C29H35ClN4O6S. The Kier molecular flexibility index (Phi) is 9.83. The number of thioether (sulfide) groups is 1. The SMILES string of the molecule is CCn1c(SC(C(=O)O)c2ccc(OCCN3CCN(C(=O)OC(C)(C)C)CC3)cc2)nc2ccc(Cl)cc2c1=O. The van der Waals surface area contributed by atoms with Crippen LogP contribution >= 0.6 is 23.4 Å². The van der Waals surface area contributed by atoms with Gasteiger partial charge in [-0.1, -0.05) is 35.5 Å². The zero-order valence-corrected chi connectivity index (χ0v) is 25.2. The van der Waals surface area contributed by atoms with Crippen LogP contribution < -0.4 is 10.3 Å². The molecule has 0 spiro atoms. The molecule has 1 fully saturated rings. The fourth-order valence-corrected chi connectivity index (χ4v) is 5.69. The van der Waals surface area contributed by atoms with Gasteiger partial charge in [0.1, 0.15) is 23.2 Å². The molecule has 0 radical (unpaired) electrons. The lowest BCUT2D eigenvalue weighted by Gasteiger charge is -2.35. The van der Waals surface area contributed by atoms with Crippen LogP contribution in [0.5, 0.6) is 5.75 Å². The summed E-state index contributed by atoms with van der Waals surface area (Å²) in [4.78, 5) is 46.0. The number of rotatable bonds is 9. The van der Waals surface area contributed by atoms with Crippen LogP contribution in [0.2, 0.25) is 5.02 Å². The number of carbonyl (C=O) groups excluding carboxylic acids is 1. The first kappa shape index (κ1) is 30.7. The third-order valence-electron chi connectivity index (χ3n) is 6.53. The van der Waals surface area contributed by atoms with Crippen LogP contribution in [0.15, 0.2) is 52.4 Å². The van der Waals surface area contributed by atoms with E-state index in [-0.39, 0.29) is 11.7 Å². The quantitative estimate of drug-likeness (QED) is 0.269. The van der Waals surface area contributed by atoms with Crippen LogP contribution in [0.25, 0.3) is 10.9 Å². The Bertz CT molecular complexity index is 1450. The zero-order valence-electron chi connectivity index (χ0n) is 23.6. The second-order valence-electron chi connectivity index (χ2n) is 10.7. The third kappa shape index (κ3) is 7.93. The number of carboxylic acids is 1. The van der Waals surface area contributed by atoms with Crippen molar-refractivity contribution in [1.29, 1.82) is 0 Å². The van der Waals surface area contributed by atoms with E-state index < -0.39 is 16.8 Å². The molecule has 4 rings (SSSR count). The van der Waals surface area contributed by atoms with Gasteiger partial charge in [0, 0.05) is 44.3 Å². The van der Waals surface area contributed by atoms with Crippen LogP contribution in [0, 0.1) is 0 Å². The number of aliphatic carboxylic acids is 1. The molecule has 0 saturated carbocycles. The molecule has 0 bridgehead atoms. The van der Waals surface area contributed by atoms with Crippen LogP contribution in [-0.4, -0.2) is 81.5 Å². The number of carbonyl (C=O) groups is 2. The molecule has 220 valence electrons. The maximum absolute atomic E-state index is 13.0. The van der Waals surface area contributed by atoms with Crippen LogP contribution in [0.1, 0.15) is 38.5 Å². The number of hydrogen-bond acceptors (Lipinski definition) is 8. The Balaban J connectivity index is 1.35. The molecule has 1 aliphatic rings. The summed E-state index contributed by atoms with van der Waals surface area (Å²) in [5, 5.41) is 10.2. The molecule has 1 N–H and O–H groups in total. The normalized spacial score (nSPS) is 15.1. The highest BCUT2D eigenvalue weighted by Crippen LogP contribution is 2.35. The zero-order chi connectivity index (χ0) is 29.7. The van der Waals surface area contributed by atoms with E-state index in [0.717, 1.165) is 24.9 Å². The van der Waals surface area contributed by atoms with Gasteiger partial charge >= 0.3 is 12.1 Å². The molecule has 3 aromatic rings. The Labute approximate surface area is 248 Å². The lowest BCUT2D eigenvalue weighted by Crippen LogP contribution is -2.50. The van der Waals surface area contributed by atoms with Gasteiger partial charge in [-0.2, -0.15) is 0 Å². The van der Waals surface area contributed by atoms with E-state index in [9.17, 15) is 19.5 Å². The number of hydrogen-bond donors (Lipinski definition) is 1. The van der Waals surface area contributed by atoms with Gasteiger partial charge in [-0.3, -0.25) is 19.1 Å². The second kappa shape index (κ2) is 13.1. The molecule has 1 aromatic heterocycles. The summed E-state index contributed by atoms with van der Waals surface area (Å²) >= 11 is 7.08. The highest BCUT2D eigenvalue weighted by molar-refractivity contribution is 8.00. The second-order valence-corrected chi connectivity index (χ2v) is 12.2. The van der Waals surface area contributed by atoms with E-state index >= 15 is 0 Å². The first-order valence-corrected chi connectivity index (χ1v) is 14.7. The van der Waals surface area contributed by atoms with Gasteiger partial charge in [0.25, 0.3) is 5.56 Å². The molecule has 1 atom stereocenters. The average molecular weight is 603 g/mol. The lowest BCUT2D eigenvalue weighted by molar-refractivity contribution is -0.136. The molecule has 0 aliphatic carbocycles. The van der Waals surface area contributed by atoms with E-state index in [4.69, 9.17) is 21.1 Å². The molecule has 1 unspecified atom stereocenters. The molecule has 10 nitrogen and oxygen atoms in total. The number of carboxylic acid groups (broad SMARTS) is 1. The van der Waals surface area contributed by atoms with Gasteiger partial charge in [0.15, 0.2) is 5.16 Å².